The largest absolute Gasteiger partial charge is 0.349 e. The number of hydrogen-bond acceptors (Lipinski definition) is 5. The lowest BCUT2D eigenvalue weighted by Crippen LogP contribution is -2.58. The van der Waals surface area contributed by atoms with Gasteiger partial charge in [-0.05, 0) is 13.8 Å². The zero-order chi connectivity index (χ0) is 14.0. The topological polar surface area (TPSA) is 67.4 Å². The van der Waals surface area contributed by atoms with Gasteiger partial charge in [-0.3, -0.25) is 9.69 Å². The molecule has 2 rings (SSSR count). The summed E-state index contributed by atoms with van der Waals surface area (Å²) in [5.41, 5.74) is 5.79. The van der Waals surface area contributed by atoms with Crippen LogP contribution in [0.1, 0.15) is 13.8 Å². The summed E-state index contributed by atoms with van der Waals surface area (Å²) in [6.07, 6.45) is 3.35. The summed E-state index contributed by atoms with van der Waals surface area (Å²) in [7, 11) is 1.75. The van der Waals surface area contributed by atoms with Crippen LogP contribution in [0, 0.1) is 0 Å². The van der Waals surface area contributed by atoms with Gasteiger partial charge >= 0.3 is 0 Å². The molecular weight excluding hydrogens is 242 g/mol. The molecule has 1 aliphatic rings. The lowest BCUT2D eigenvalue weighted by atomic mass is 10.0. The van der Waals surface area contributed by atoms with Gasteiger partial charge in [-0.15, -0.1) is 0 Å². The normalized spacial score (nSPS) is 17.8. The van der Waals surface area contributed by atoms with Crippen molar-refractivity contribution >= 4 is 5.82 Å². The second-order valence-electron chi connectivity index (χ2n) is 5.66. The maximum Gasteiger partial charge on any atom is 0.293 e. The summed E-state index contributed by atoms with van der Waals surface area (Å²) in [5, 5.41) is 0. The van der Waals surface area contributed by atoms with Crippen molar-refractivity contribution in [1.29, 1.82) is 0 Å². The van der Waals surface area contributed by atoms with Crippen LogP contribution >= 0.6 is 0 Å². The highest BCUT2D eigenvalue weighted by Crippen LogP contribution is 2.17. The number of hydrogen-bond donors (Lipinski definition) is 1. The molecule has 106 valence electrons. The molecule has 6 nitrogen and oxygen atoms in total. The molecule has 0 spiro atoms. The number of rotatable bonds is 3. The van der Waals surface area contributed by atoms with Crippen LogP contribution in [0.3, 0.4) is 0 Å². The molecule has 1 saturated heterocycles. The van der Waals surface area contributed by atoms with Crippen LogP contribution < -0.4 is 16.2 Å². The molecule has 1 aromatic rings. The second kappa shape index (κ2) is 5.30. The molecule has 2 heterocycles. The van der Waals surface area contributed by atoms with Crippen molar-refractivity contribution < 1.29 is 0 Å². The van der Waals surface area contributed by atoms with E-state index in [1.807, 2.05) is 0 Å². The van der Waals surface area contributed by atoms with Crippen molar-refractivity contribution in [2.75, 3.05) is 37.6 Å². The standard InChI is InChI=1S/C13H23N5O/c1-13(2,10-14)18-8-6-17(7-9-18)11-12(19)16(3)5-4-15-11/h4-5H,6-10,14H2,1-3H3. The molecule has 0 aliphatic carbocycles. The molecule has 1 aliphatic heterocycles. The summed E-state index contributed by atoms with van der Waals surface area (Å²) in [6, 6.07) is 0. The van der Waals surface area contributed by atoms with E-state index in [-0.39, 0.29) is 11.1 Å². The van der Waals surface area contributed by atoms with Crippen molar-refractivity contribution in [2.24, 2.45) is 12.8 Å². The third-order valence-electron chi connectivity index (χ3n) is 3.93. The summed E-state index contributed by atoms with van der Waals surface area (Å²) >= 11 is 0. The van der Waals surface area contributed by atoms with Crippen LogP contribution in [0.25, 0.3) is 0 Å². The van der Waals surface area contributed by atoms with Crippen LogP contribution in [0.15, 0.2) is 17.2 Å². The SMILES string of the molecule is Cn1ccnc(N2CCN(C(C)(C)CN)CC2)c1=O. The number of anilines is 1. The minimum Gasteiger partial charge on any atom is -0.349 e. The van der Waals surface area contributed by atoms with Gasteiger partial charge in [0, 0.05) is 57.7 Å². The van der Waals surface area contributed by atoms with E-state index in [0.717, 1.165) is 26.2 Å². The quantitative estimate of drug-likeness (QED) is 0.808. The monoisotopic (exact) mass is 265 g/mol. The maximum absolute atomic E-state index is 12.0. The predicted octanol–water partition coefficient (Wildman–Crippen LogP) is -0.360. The van der Waals surface area contributed by atoms with Crippen molar-refractivity contribution in [3.8, 4) is 0 Å². The summed E-state index contributed by atoms with van der Waals surface area (Å²) in [6.45, 7) is 8.39. The Morgan fingerprint density at radius 3 is 2.53 bits per heavy atom. The molecule has 6 heteroatoms. The Morgan fingerprint density at radius 2 is 1.95 bits per heavy atom. The van der Waals surface area contributed by atoms with E-state index < -0.39 is 0 Å². The number of aromatic nitrogens is 2. The molecule has 0 bridgehead atoms. The Morgan fingerprint density at radius 1 is 1.32 bits per heavy atom. The van der Waals surface area contributed by atoms with Crippen LogP contribution in [-0.2, 0) is 7.05 Å². The first-order chi connectivity index (χ1) is 8.95. The van der Waals surface area contributed by atoms with Gasteiger partial charge in [0.15, 0.2) is 5.82 Å². The number of nitrogens with two attached hydrogens (primary N) is 1. The number of nitrogens with zero attached hydrogens (tertiary/aromatic N) is 4. The van der Waals surface area contributed by atoms with E-state index in [1.54, 1.807) is 24.0 Å². The molecule has 0 amide bonds. The Balaban J connectivity index is 2.08. The fraction of sp³-hybridized carbons (Fsp3) is 0.692. The number of piperazine rings is 1. The molecule has 0 unspecified atom stereocenters. The Hall–Kier alpha value is -1.40. The van der Waals surface area contributed by atoms with E-state index in [2.05, 4.69) is 28.6 Å². The van der Waals surface area contributed by atoms with E-state index in [1.165, 1.54) is 0 Å². The molecule has 0 radical (unpaired) electrons. The predicted molar refractivity (Wildman–Crippen MR) is 76.4 cm³/mol. The van der Waals surface area contributed by atoms with Gasteiger partial charge in [0.1, 0.15) is 0 Å². The highest BCUT2D eigenvalue weighted by molar-refractivity contribution is 5.36. The molecule has 1 aromatic heterocycles. The molecule has 19 heavy (non-hydrogen) atoms. The van der Waals surface area contributed by atoms with Crippen LogP contribution in [-0.4, -0.2) is 52.7 Å². The highest BCUT2D eigenvalue weighted by Gasteiger charge is 2.29. The van der Waals surface area contributed by atoms with Crippen LogP contribution in [0.2, 0.25) is 0 Å². The molecule has 2 N–H and O–H groups in total. The van der Waals surface area contributed by atoms with Gasteiger partial charge in [0.25, 0.3) is 5.56 Å². The molecule has 0 aromatic carbocycles. The maximum atomic E-state index is 12.0. The van der Waals surface area contributed by atoms with Gasteiger partial charge in [0.05, 0.1) is 0 Å². The first kappa shape index (κ1) is 14.0. The zero-order valence-corrected chi connectivity index (χ0v) is 12.0. The van der Waals surface area contributed by atoms with Gasteiger partial charge in [-0.1, -0.05) is 0 Å². The van der Waals surface area contributed by atoms with Gasteiger partial charge < -0.3 is 15.2 Å². The minimum absolute atomic E-state index is 0.0150. The summed E-state index contributed by atoms with van der Waals surface area (Å²) < 4.78 is 1.57. The Labute approximate surface area is 113 Å². The molecule has 1 fully saturated rings. The van der Waals surface area contributed by atoms with Gasteiger partial charge in [0.2, 0.25) is 0 Å². The average Bonchev–Trinajstić information content (AvgIpc) is 2.42. The lowest BCUT2D eigenvalue weighted by Gasteiger charge is -2.43. The van der Waals surface area contributed by atoms with Crippen molar-refractivity contribution in [3.05, 3.63) is 22.7 Å². The van der Waals surface area contributed by atoms with Crippen LogP contribution in [0.5, 0.6) is 0 Å². The van der Waals surface area contributed by atoms with E-state index in [0.29, 0.717) is 12.4 Å². The van der Waals surface area contributed by atoms with Crippen molar-refractivity contribution in [1.82, 2.24) is 14.5 Å². The number of aryl methyl sites for hydroxylation is 1. The van der Waals surface area contributed by atoms with E-state index in [4.69, 9.17) is 5.73 Å². The lowest BCUT2D eigenvalue weighted by molar-refractivity contribution is 0.119. The molecular formula is C13H23N5O. The average molecular weight is 265 g/mol. The summed E-state index contributed by atoms with van der Waals surface area (Å²) in [5.74, 6) is 0.551. The minimum atomic E-state index is -0.0333. The Bertz CT molecular complexity index is 488. The third-order valence-corrected chi connectivity index (χ3v) is 3.93. The van der Waals surface area contributed by atoms with E-state index in [9.17, 15) is 4.79 Å². The molecule has 0 saturated carbocycles. The first-order valence-corrected chi connectivity index (χ1v) is 6.67. The van der Waals surface area contributed by atoms with Crippen LogP contribution in [0.4, 0.5) is 5.82 Å². The van der Waals surface area contributed by atoms with E-state index >= 15 is 0 Å². The third kappa shape index (κ3) is 2.79. The highest BCUT2D eigenvalue weighted by atomic mass is 16.1. The molecule has 0 atom stereocenters. The van der Waals surface area contributed by atoms with Gasteiger partial charge in [-0.2, -0.15) is 0 Å². The zero-order valence-electron chi connectivity index (χ0n) is 12.0. The fourth-order valence-electron chi connectivity index (χ4n) is 2.35. The summed E-state index contributed by atoms with van der Waals surface area (Å²) in [4.78, 5) is 20.7. The Kier molecular flexibility index (Phi) is 3.91. The first-order valence-electron chi connectivity index (χ1n) is 6.67. The fourth-order valence-corrected chi connectivity index (χ4v) is 2.35. The van der Waals surface area contributed by atoms with Crippen molar-refractivity contribution in [3.63, 3.8) is 0 Å². The van der Waals surface area contributed by atoms with Gasteiger partial charge in [-0.25, -0.2) is 4.98 Å². The van der Waals surface area contributed by atoms with Crippen molar-refractivity contribution in [2.45, 2.75) is 19.4 Å². The second-order valence-corrected chi connectivity index (χ2v) is 5.66. The smallest absolute Gasteiger partial charge is 0.293 e.